The van der Waals surface area contributed by atoms with Crippen molar-refractivity contribution in [1.82, 2.24) is 14.8 Å². The fourth-order valence-electron chi connectivity index (χ4n) is 1.92. The Hall–Kier alpha value is -1.98. The number of aromatic nitrogens is 1. The Morgan fingerprint density at radius 2 is 2.00 bits per heavy atom. The van der Waals surface area contributed by atoms with Crippen LogP contribution < -0.4 is 11.1 Å². The van der Waals surface area contributed by atoms with Crippen molar-refractivity contribution >= 4 is 17.5 Å². The predicted octanol–water partition coefficient (Wildman–Crippen LogP) is 0.596. The second-order valence-electron chi connectivity index (χ2n) is 4.34. The lowest BCUT2D eigenvalue weighted by Gasteiger charge is -2.18. The van der Waals surface area contributed by atoms with Gasteiger partial charge in [-0.2, -0.15) is 0 Å². The van der Waals surface area contributed by atoms with Crippen LogP contribution >= 0.6 is 0 Å². The fraction of sp³-hybridized carbons (Fsp3) is 0.538. The van der Waals surface area contributed by atoms with Gasteiger partial charge < -0.3 is 20.5 Å². The molecule has 0 aliphatic carbocycles. The summed E-state index contributed by atoms with van der Waals surface area (Å²) in [6, 6.07) is 1.61. The second-order valence-corrected chi connectivity index (χ2v) is 4.34. The van der Waals surface area contributed by atoms with Gasteiger partial charge in [-0.25, -0.2) is 0 Å². The van der Waals surface area contributed by atoms with Crippen LogP contribution in [-0.2, 0) is 11.8 Å². The number of carbonyl (C=O) groups excluding carboxylic acids is 2. The van der Waals surface area contributed by atoms with Crippen molar-refractivity contribution in [3.05, 3.63) is 18.0 Å². The Kier molecular flexibility index (Phi) is 5.41. The molecule has 0 aromatic carbocycles. The molecule has 19 heavy (non-hydrogen) atoms. The number of nitrogens with two attached hydrogens (primary N) is 1. The monoisotopic (exact) mass is 266 g/mol. The lowest BCUT2D eigenvalue weighted by molar-refractivity contribution is -0.130. The normalized spacial score (nSPS) is 10.3. The molecule has 106 valence electrons. The SMILES string of the molecule is CCN(CC)C(=O)CCNC(=O)c1cc(N)cn1C. The zero-order valence-electron chi connectivity index (χ0n) is 11.8. The van der Waals surface area contributed by atoms with Crippen molar-refractivity contribution in [2.24, 2.45) is 7.05 Å². The molecular formula is C13H22N4O2. The summed E-state index contributed by atoms with van der Waals surface area (Å²) >= 11 is 0. The first-order valence-corrected chi connectivity index (χ1v) is 6.47. The number of nitrogens with one attached hydrogen (secondary N) is 1. The number of carbonyl (C=O) groups is 2. The quantitative estimate of drug-likeness (QED) is 0.791. The number of aryl methyl sites for hydroxylation is 1. The zero-order valence-corrected chi connectivity index (χ0v) is 11.8. The van der Waals surface area contributed by atoms with Crippen LogP contribution in [0.5, 0.6) is 0 Å². The maximum Gasteiger partial charge on any atom is 0.267 e. The lowest BCUT2D eigenvalue weighted by Crippen LogP contribution is -2.34. The Bertz CT molecular complexity index is 449. The van der Waals surface area contributed by atoms with E-state index in [1.54, 1.807) is 28.8 Å². The lowest BCUT2D eigenvalue weighted by atomic mass is 10.3. The molecule has 2 amide bonds. The van der Waals surface area contributed by atoms with Gasteiger partial charge >= 0.3 is 0 Å². The zero-order chi connectivity index (χ0) is 14.4. The van der Waals surface area contributed by atoms with Gasteiger partial charge in [-0.3, -0.25) is 9.59 Å². The third-order valence-electron chi connectivity index (χ3n) is 3.00. The van der Waals surface area contributed by atoms with Gasteiger partial charge in [-0.1, -0.05) is 0 Å². The first-order chi connectivity index (χ1) is 8.99. The molecule has 0 atom stereocenters. The van der Waals surface area contributed by atoms with Gasteiger partial charge in [0.15, 0.2) is 0 Å². The molecule has 6 heteroatoms. The van der Waals surface area contributed by atoms with E-state index in [0.717, 1.165) is 0 Å². The molecule has 1 aromatic heterocycles. The molecule has 0 fully saturated rings. The van der Waals surface area contributed by atoms with E-state index in [2.05, 4.69) is 5.32 Å². The molecule has 0 bridgehead atoms. The minimum atomic E-state index is -0.216. The largest absolute Gasteiger partial charge is 0.397 e. The Balaban J connectivity index is 2.43. The van der Waals surface area contributed by atoms with Crippen LogP contribution in [0.25, 0.3) is 0 Å². The van der Waals surface area contributed by atoms with Crippen molar-refractivity contribution in [2.45, 2.75) is 20.3 Å². The molecule has 1 aromatic rings. The van der Waals surface area contributed by atoms with E-state index >= 15 is 0 Å². The maximum absolute atomic E-state index is 11.9. The van der Waals surface area contributed by atoms with Crippen molar-refractivity contribution in [2.75, 3.05) is 25.4 Å². The highest BCUT2D eigenvalue weighted by Crippen LogP contribution is 2.08. The molecule has 0 spiro atoms. The predicted molar refractivity (Wildman–Crippen MR) is 74.7 cm³/mol. The van der Waals surface area contributed by atoms with Gasteiger partial charge in [-0.15, -0.1) is 0 Å². The Morgan fingerprint density at radius 3 is 2.47 bits per heavy atom. The molecule has 0 radical (unpaired) electrons. The van der Waals surface area contributed by atoms with E-state index < -0.39 is 0 Å². The van der Waals surface area contributed by atoms with E-state index in [1.165, 1.54) is 0 Å². The van der Waals surface area contributed by atoms with Gasteiger partial charge in [0.1, 0.15) is 5.69 Å². The average Bonchev–Trinajstić information content (AvgIpc) is 2.70. The molecule has 0 saturated heterocycles. The van der Waals surface area contributed by atoms with Crippen molar-refractivity contribution in [3.63, 3.8) is 0 Å². The summed E-state index contributed by atoms with van der Waals surface area (Å²) in [5, 5.41) is 2.72. The Labute approximate surface area is 113 Å². The number of nitrogens with zero attached hydrogens (tertiary/aromatic N) is 2. The summed E-state index contributed by atoms with van der Waals surface area (Å²) in [7, 11) is 1.76. The van der Waals surface area contributed by atoms with Crippen LogP contribution in [0.15, 0.2) is 12.3 Å². The molecule has 0 saturated carbocycles. The highest BCUT2D eigenvalue weighted by Gasteiger charge is 2.12. The van der Waals surface area contributed by atoms with E-state index in [0.29, 0.717) is 37.4 Å². The second kappa shape index (κ2) is 6.82. The molecule has 6 nitrogen and oxygen atoms in total. The first-order valence-electron chi connectivity index (χ1n) is 6.47. The molecule has 0 aliphatic heterocycles. The van der Waals surface area contributed by atoms with Crippen LogP contribution in [0.3, 0.4) is 0 Å². The van der Waals surface area contributed by atoms with Gasteiger partial charge in [-0.05, 0) is 19.9 Å². The van der Waals surface area contributed by atoms with Gasteiger partial charge in [0, 0.05) is 39.3 Å². The number of anilines is 1. The van der Waals surface area contributed by atoms with Crippen molar-refractivity contribution in [3.8, 4) is 0 Å². The smallest absolute Gasteiger partial charge is 0.267 e. The summed E-state index contributed by atoms with van der Waals surface area (Å²) in [5.41, 5.74) is 6.65. The van der Waals surface area contributed by atoms with Gasteiger partial charge in [0.05, 0.1) is 5.69 Å². The van der Waals surface area contributed by atoms with E-state index in [4.69, 9.17) is 5.73 Å². The third-order valence-corrected chi connectivity index (χ3v) is 3.00. The minimum absolute atomic E-state index is 0.0525. The van der Waals surface area contributed by atoms with Crippen LogP contribution in [0.1, 0.15) is 30.8 Å². The summed E-state index contributed by atoms with van der Waals surface area (Å²) < 4.78 is 1.66. The number of hydrogen-bond acceptors (Lipinski definition) is 3. The summed E-state index contributed by atoms with van der Waals surface area (Å²) in [6.45, 7) is 5.59. The van der Waals surface area contributed by atoms with Crippen molar-refractivity contribution < 1.29 is 9.59 Å². The van der Waals surface area contributed by atoms with Gasteiger partial charge in [0.25, 0.3) is 5.91 Å². The standard InChI is InChI=1S/C13H22N4O2/c1-4-17(5-2)12(18)6-7-15-13(19)11-8-10(14)9-16(11)3/h8-9H,4-7,14H2,1-3H3,(H,15,19). The van der Waals surface area contributed by atoms with Crippen LogP contribution in [0.4, 0.5) is 5.69 Å². The molecule has 3 N–H and O–H groups in total. The maximum atomic E-state index is 11.9. The number of hydrogen-bond donors (Lipinski definition) is 2. The summed E-state index contributed by atoms with van der Waals surface area (Å²) in [5.74, 6) is -0.164. The van der Waals surface area contributed by atoms with E-state index in [1.807, 2.05) is 13.8 Å². The van der Waals surface area contributed by atoms with E-state index in [-0.39, 0.29) is 11.8 Å². The van der Waals surface area contributed by atoms with Crippen molar-refractivity contribution in [1.29, 1.82) is 0 Å². The Morgan fingerprint density at radius 1 is 1.37 bits per heavy atom. The van der Waals surface area contributed by atoms with Gasteiger partial charge in [0.2, 0.25) is 5.91 Å². The first kappa shape index (κ1) is 15.1. The molecule has 1 heterocycles. The van der Waals surface area contributed by atoms with Crippen LogP contribution in [0.2, 0.25) is 0 Å². The topological polar surface area (TPSA) is 80.4 Å². The minimum Gasteiger partial charge on any atom is -0.397 e. The highest BCUT2D eigenvalue weighted by atomic mass is 16.2. The number of nitrogen functional groups attached to an aromatic ring is 1. The molecular weight excluding hydrogens is 244 g/mol. The molecule has 0 aliphatic rings. The summed E-state index contributed by atoms with van der Waals surface area (Å²) in [4.78, 5) is 25.3. The fourth-order valence-corrected chi connectivity index (χ4v) is 1.92. The highest BCUT2D eigenvalue weighted by molar-refractivity contribution is 5.94. The number of amides is 2. The van der Waals surface area contributed by atoms with Crippen LogP contribution in [-0.4, -0.2) is 40.9 Å². The molecule has 1 rings (SSSR count). The van der Waals surface area contributed by atoms with Crippen LogP contribution in [0, 0.1) is 0 Å². The molecule has 0 unspecified atom stereocenters. The third kappa shape index (κ3) is 4.01. The number of rotatable bonds is 6. The summed E-state index contributed by atoms with van der Waals surface area (Å²) in [6.07, 6.45) is 1.99. The van der Waals surface area contributed by atoms with E-state index in [9.17, 15) is 9.59 Å². The average molecular weight is 266 g/mol.